The van der Waals surface area contributed by atoms with Gasteiger partial charge in [-0.2, -0.15) is 0 Å². The molecule has 0 spiro atoms. The van der Waals surface area contributed by atoms with Crippen LogP contribution in [0.4, 0.5) is 0 Å². The molecule has 0 aromatic carbocycles. The van der Waals surface area contributed by atoms with Crippen LogP contribution in [-0.4, -0.2) is 31.3 Å². The third-order valence-electron chi connectivity index (χ3n) is 1.32. The average Bonchev–Trinajstić information content (AvgIpc) is 1.93. The summed E-state index contributed by atoms with van der Waals surface area (Å²) in [6, 6.07) is 0. The molecule has 0 bridgehead atoms. The Bertz CT molecular complexity index is 45.5. The molecule has 1 aliphatic rings. The molecule has 11 heavy (non-hydrogen) atoms. The second kappa shape index (κ2) is 17.1. The maximum absolute atomic E-state index is 8.36. The van der Waals surface area contributed by atoms with Crippen molar-refractivity contribution in [2.75, 3.05) is 13.1 Å². The van der Waals surface area contributed by atoms with Crippen molar-refractivity contribution >= 4 is 7.69 Å². The quantitative estimate of drug-likeness (QED) is 0.355. The zero-order chi connectivity index (χ0) is 6.95. The van der Waals surface area contributed by atoms with Crippen LogP contribution in [0.25, 0.3) is 0 Å². The third-order valence-corrected chi connectivity index (χ3v) is 1.32. The molecule has 61 valence electrons. The van der Waals surface area contributed by atoms with E-state index in [9.17, 15) is 0 Å². The van der Waals surface area contributed by atoms with E-state index in [1.54, 1.807) is 0 Å². The first-order chi connectivity index (χ1) is 4.41. The monoisotopic (exact) mass is 170 g/mol. The second-order valence-electron chi connectivity index (χ2n) is 2.03. The second-order valence-corrected chi connectivity index (χ2v) is 2.03. The summed E-state index contributed by atoms with van der Waals surface area (Å²) in [5, 5.41) is 17.6. The van der Waals surface area contributed by atoms with Crippen LogP contribution >= 0.6 is 0 Å². The molecule has 0 aromatic heterocycles. The largest absolute Gasteiger partial charge is 1.00 e. The maximum Gasteiger partial charge on any atom is 1.00 e. The molecule has 6 heteroatoms. The van der Waals surface area contributed by atoms with Gasteiger partial charge in [-0.25, -0.2) is 0 Å². The van der Waals surface area contributed by atoms with Crippen LogP contribution < -0.4 is 39.9 Å². The Hall–Kier alpha value is 0.905. The standard InChI is InChI=1S/C5H11N.BHO2.Na.H2O/c1-2-4-6-5-3-1;2-1-3;;/h6H,1-5H2;2H;;1H2/q;-1;+1;. The molecule has 1 saturated heterocycles. The number of hydrogen-bond donors (Lipinski definition) is 2. The SMILES string of the molecule is C1CC[NH2+]CC1.[Na+].[O-][B]O.[OH-]. The summed E-state index contributed by atoms with van der Waals surface area (Å²) in [4.78, 5) is 0. The van der Waals surface area contributed by atoms with Crippen molar-refractivity contribution in [2.45, 2.75) is 19.3 Å². The molecule has 1 heterocycles. The molecule has 1 fully saturated rings. The van der Waals surface area contributed by atoms with Crippen molar-refractivity contribution in [3.63, 3.8) is 0 Å². The number of rotatable bonds is 0. The van der Waals surface area contributed by atoms with Crippen molar-refractivity contribution in [1.29, 1.82) is 0 Å². The van der Waals surface area contributed by atoms with E-state index in [0.717, 1.165) is 0 Å². The minimum atomic E-state index is -0.250. The fourth-order valence-electron chi connectivity index (χ4n) is 0.898. The summed E-state index contributed by atoms with van der Waals surface area (Å²) in [6.45, 7) is 2.75. The summed E-state index contributed by atoms with van der Waals surface area (Å²) < 4.78 is 0. The smallest absolute Gasteiger partial charge is 0.870 e. The maximum atomic E-state index is 8.36. The molecule has 4 nitrogen and oxygen atoms in total. The fraction of sp³-hybridized carbons (Fsp3) is 1.00. The zero-order valence-corrected chi connectivity index (χ0v) is 8.99. The summed E-state index contributed by atoms with van der Waals surface area (Å²) in [5.74, 6) is 0. The minimum Gasteiger partial charge on any atom is -0.870 e. The minimum absolute atomic E-state index is 0. The fourth-order valence-corrected chi connectivity index (χ4v) is 0.898. The van der Waals surface area contributed by atoms with Gasteiger partial charge in [0.2, 0.25) is 0 Å². The molecule has 1 rings (SSSR count). The Morgan fingerprint density at radius 3 is 1.64 bits per heavy atom. The normalized spacial score (nSPS) is 14.4. The predicted octanol–water partition coefficient (Wildman–Crippen LogP) is -5.57. The van der Waals surface area contributed by atoms with E-state index in [4.69, 9.17) is 10.0 Å². The van der Waals surface area contributed by atoms with Crippen LogP contribution in [0.15, 0.2) is 0 Å². The van der Waals surface area contributed by atoms with Crippen molar-refractivity contribution in [1.82, 2.24) is 0 Å². The number of quaternary nitrogens is 1. The molecule has 1 aliphatic heterocycles. The first-order valence-electron chi connectivity index (χ1n) is 3.31. The molecule has 0 aromatic rings. The molecule has 0 aliphatic carbocycles. The topological polar surface area (TPSA) is 89.9 Å². The van der Waals surface area contributed by atoms with Gasteiger partial charge in [0, 0.05) is 0 Å². The van der Waals surface area contributed by atoms with E-state index in [1.807, 2.05) is 0 Å². The van der Waals surface area contributed by atoms with Gasteiger partial charge in [0.15, 0.2) is 7.69 Å². The zero-order valence-electron chi connectivity index (χ0n) is 6.99. The Morgan fingerprint density at radius 2 is 1.55 bits per heavy atom. The summed E-state index contributed by atoms with van der Waals surface area (Å²) >= 11 is 0. The van der Waals surface area contributed by atoms with E-state index >= 15 is 0 Å². The molecule has 0 amide bonds. The van der Waals surface area contributed by atoms with Crippen LogP contribution in [-0.2, 0) is 0 Å². The predicted molar refractivity (Wildman–Crippen MR) is 35.4 cm³/mol. The van der Waals surface area contributed by atoms with Gasteiger partial charge in [-0.3, -0.25) is 0 Å². The van der Waals surface area contributed by atoms with Crippen LogP contribution in [0.3, 0.4) is 0 Å². The first kappa shape index (κ1) is 17.9. The van der Waals surface area contributed by atoms with E-state index in [0.29, 0.717) is 0 Å². The van der Waals surface area contributed by atoms with Crippen molar-refractivity contribution in [3.05, 3.63) is 0 Å². The van der Waals surface area contributed by atoms with Crippen LogP contribution in [0, 0.1) is 0 Å². The van der Waals surface area contributed by atoms with E-state index in [-0.39, 0.29) is 42.7 Å². The molecule has 1 radical (unpaired) electrons. The van der Waals surface area contributed by atoms with Gasteiger partial charge in [0.25, 0.3) is 0 Å². The molecular formula is C5H14BNNaO3. The van der Waals surface area contributed by atoms with Gasteiger partial charge in [-0.05, 0) is 19.3 Å². The van der Waals surface area contributed by atoms with Crippen LogP contribution in [0.2, 0.25) is 0 Å². The average molecular weight is 170 g/mol. The van der Waals surface area contributed by atoms with E-state index < -0.39 is 0 Å². The Kier molecular flexibility index (Phi) is 27.8. The van der Waals surface area contributed by atoms with Gasteiger partial charge in [0.05, 0.1) is 13.1 Å². The Morgan fingerprint density at radius 1 is 1.18 bits per heavy atom. The molecule has 0 saturated carbocycles. The first-order valence-corrected chi connectivity index (χ1v) is 3.31. The Labute approximate surface area is 90.3 Å². The molecule has 0 unspecified atom stereocenters. The van der Waals surface area contributed by atoms with Crippen molar-refractivity contribution < 1.29 is 50.4 Å². The summed E-state index contributed by atoms with van der Waals surface area (Å²) in [7, 11) is -0.250. The van der Waals surface area contributed by atoms with Gasteiger partial charge in [-0.15, -0.1) is 0 Å². The third kappa shape index (κ3) is 18.1. The number of hydrogen-bond acceptors (Lipinski definition) is 3. The van der Waals surface area contributed by atoms with Crippen LogP contribution in [0.1, 0.15) is 19.3 Å². The van der Waals surface area contributed by atoms with Gasteiger partial charge < -0.3 is 20.8 Å². The molecule has 0 atom stereocenters. The van der Waals surface area contributed by atoms with Crippen molar-refractivity contribution in [2.24, 2.45) is 0 Å². The van der Waals surface area contributed by atoms with Gasteiger partial charge in [-0.1, -0.05) is 0 Å². The number of piperidine rings is 1. The van der Waals surface area contributed by atoms with Crippen LogP contribution in [0.5, 0.6) is 0 Å². The number of nitrogens with two attached hydrogens (primary N) is 1. The summed E-state index contributed by atoms with van der Waals surface area (Å²) in [6.07, 6.45) is 4.36. The molecule has 4 N–H and O–H groups in total. The van der Waals surface area contributed by atoms with E-state index in [1.165, 1.54) is 32.4 Å². The Balaban J connectivity index is -0.000000116. The summed E-state index contributed by atoms with van der Waals surface area (Å²) in [5.41, 5.74) is 0. The van der Waals surface area contributed by atoms with Crippen molar-refractivity contribution in [3.8, 4) is 0 Å². The van der Waals surface area contributed by atoms with Gasteiger partial charge in [0.1, 0.15) is 0 Å². The van der Waals surface area contributed by atoms with E-state index in [2.05, 4.69) is 5.32 Å². The molecular weight excluding hydrogens is 156 g/mol. The van der Waals surface area contributed by atoms with Gasteiger partial charge >= 0.3 is 29.6 Å².